The Labute approximate surface area is 141 Å². The van der Waals surface area contributed by atoms with Gasteiger partial charge in [0.1, 0.15) is 5.82 Å². The van der Waals surface area contributed by atoms with E-state index in [-0.39, 0.29) is 47.8 Å². The molecule has 21 heavy (non-hydrogen) atoms. The highest BCUT2D eigenvalue weighted by Crippen LogP contribution is 2.08. The summed E-state index contributed by atoms with van der Waals surface area (Å²) < 4.78 is 13.0. The summed E-state index contributed by atoms with van der Waals surface area (Å²) in [6.07, 6.45) is 0. The molecular weight excluding hydrogens is 386 g/mol. The minimum atomic E-state index is -0.388. The van der Waals surface area contributed by atoms with E-state index in [0.29, 0.717) is 11.6 Å². The maximum Gasteiger partial charge on any atom is 0.243 e. The average Bonchev–Trinajstić information content (AvgIpc) is 2.33. The number of hydrogen-bond acceptors (Lipinski definition) is 2. The van der Waals surface area contributed by atoms with Crippen LogP contribution in [0.3, 0.4) is 0 Å². The van der Waals surface area contributed by atoms with Crippen LogP contribution in [0.2, 0.25) is 0 Å². The second-order valence-electron chi connectivity index (χ2n) is 5.36. The molecule has 1 aromatic carbocycles. The number of guanidine groups is 1. The first-order valence-electron chi connectivity index (χ1n) is 6.34. The van der Waals surface area contributed by atoms with E-state index in [4.69, 9.17) is 0 Å². The van der Waals surface area contributed by atoms with E-state index in [9.17, 15) is 9.18 Å². The zero-order valence-electron chi connectivity index (χ0n) is 12.7. The number of carbonyl (C=O) groups excluding carboxylic acids is 1. The van der Waals surface area contributed by atoms with E-state index < -0.39 is 0 Å². The molecule has 0 fully saturated rings. The standard InChI is InChI=1S/C14H21FN4O.HI/c1-14(2,3)19-13(16-4)17-9-12(20)18-11-7-5-6-10(15)8-11;/h5-8H,9H2,1-4H3,(H,18,20)(H2,16,17,19);1H. The Balaban J connectivity index is 0.00000400. The Hall–Kier alpha value is -1.38. The zero-order chi connectivity index (χ0) is 15.2. The Kier molecular flexibility index (Phi) is 8.23. The van der Waals surface area contributed by atoms with Crippen LogP contribution in [0.4, 0.5) is 10.1 Å². The molecule has 0 aromatic heterocycles. The summed E-state index contributed by atoms with van der Waals surface area (Å²) in [5.74, 6) is -0.125. The van der Waals surface area contributed by atoms with Gasteiger partial charge in [-0.1, -0.05) is 6.07 Å². The van der Waals surface area contributed by atoms with Crippen molar-refractivity contribution in [1.29, 1.82) is 0 Å². The van der Waals surface area contributed by atoms with E-state index in [1.807, 2.05) is 20.8 Å². The van der Waals surface area contributed by atoms with Gasteiger partial charge in [-0.25, -0.2) is 4.39 Å². The van der Waals surface area contributed by atoms with Crippen LogP contribution in [0, 0.1) is 5.82 Å². The predicted octanol–water partition coefficient (Wildman–Crippen LogP) is 2.35. The zero-order valence-corrected chi connectivity index (χ0v) is 15.0. The summed E-state index contributed by atoms with van der Waals surface area (Å²) in [6.45, 7) is 6.03. The van der Waals surface area contributed by atoms with Crippen LogP contribution in [0.25, 0.3) is 0 Å². The van der Waals surface area contributed by atoms with Crippen LogP contribution in [-0.2, 0) is 4.79 Å². The second kappa shape index (κ2) is 8.81. The number of nitrogens with one attached hydrogen (secondary N) is 3. The van der Waals surface area contributed by atoms with Gasteiger partial charge >= 0.3 is 0 Å². The Morgan fingerprint density at radius 3 is 2.52 bits per heavy atom. The lowest BCUT2D eigenvalue weighted by molar-refractivity contribution is -0.115. The maximum absolute atomic E-state index is 13.0. The first-order valence-corrected chi connectivity index (χ1v) is 6.34. The van der Waals surface area contributed by atoms with Gasteiger partial charge in [0.05, 0.1) is 6.54 Å². The Morgan fingerprint density at radius 2 is 2.00 bits per heavy atom. The number of halogens is 2. The number of anilines is 1. The molecule has 0 unspecified atom stereocenters. The molecule has 5 nitrogen and oxygen atoms in total. The predicted molar refractivity (Wildman–Crippen MR) is 94.7 cm³/mol. The SMILES string of the molecule is CN=C(NCC(=O)Nc1cccc(F)c1)NC(C)(C)C.I. The van der Waals surface area contributed by atoms with Crippen molar-refractivity contribution in [3.05, 3.63) is 30.1 Å². The number of rotatable bonds is 3. The van der Waals surface area contributed by atoms with Crippen molar-refractivity contribution < 1.29 is 9.18 Å². The third-order valence-electron chi connectivity index (χ3n) is 2.24. The van der Waals surface area contributed by atoms with Crippen LogP contribution >= 0.6 is 24.0 Å². The fraction of sp³-hybridized carbons (Fsp3) is 0.429. The van der Waals surface area contributed by atoms with Gasteiger partial charge in [-0.2, -0.15) is 0 Å². The highest BCUT2D eigenvalue weighted by Gasteiger charge is 2.12. The molecular formula is C14H22FIN4O. The van der Waals surface area contributed by atoms with Crippen LogP contribution in [0.1, 0.15) is 20.8 Å². The van der Waals surface area contributed by atoms with E-state index in [2.05, 4.69) is 20.9 Å². The second-order valence-corrected chi connectivity index (χ2v) is 5.36. The number of benzene rings is 1. The van der Waals surface area contributed by atoms with Gasteiger partial charge in [-0.3, -0.25) is 9.79 Å². The highest BCUT2D eigenvalue weighted by molar-refractivity contribution is 14.0. The summed E-state index contributed by atoms with van der Waals surface area (Å²) in [4.78, 5) is 15.8. The molecule has 0 saturated carbocycles. The first kappa shape index (κ1) is 19.6. The summed E-state index contributed by atoms with van der Waals surface area (Å²) in [5.41, 5.74) is 0.275. The van der Waals surface area contributed by atoms with Crippen molar-refractivity contribution in [2.45, 2.75) is 26.3 Å². The van der Waals surface area contributed by atoms with Crippen molar-refractivity contribution in [3.63, 3.8) is 0 Å². The van der Waals surface area contributed by atoms with Crippen molar-refractivity contribution in [2.75, 3.05) is 18.9 Å². The molecule has 0 radical (unpaired) electrons. The van der Waals surface area contributed by atoms with E-state index in [0.717, 1.165) is 0 Å². The molecule has 0 atom stereocenters. The molecule has 1 amide bonds. The Bertz CT molecular complexity index is 500. The highest BCUT2D eigenvalue weighted by atomic mass is 127. The van der Waals surface area contributed by atoms with Gasteiger partial charge < -0.3 is 16.0 Å². The van der Waals surface area contributed by atoms with Crippen LogP contribution in [-0.4, -0.2) is 31.0 Å². The molecule has 0 aliphatic heterocycles. The minimum Gasteiger partial charge on any atom is -0.352 e. The molecule has 7 heteroatoms. The van der Waals surface area contributed by atoms with Gasteiger partial charge in [0.25, 0.3) is 0 Å². The number of amides is 1. The van der Waals surface area contributed by atoms with Crippen molar-refractivity contribution >= 4 is 41.5 Å². The van der Waals surface area contributed by atoms with E-state index in [1.54, 1.807) is 19.2 Å². The topological polar surface area (TPSA) is 65.5 Å². The summed E-state index contributed by atoms with van der Waals surface area (Å²) in [7, 11) is 1.63. The third kappa shape index (κ3) is 8.49. The number of aliphatic imine (C=N–C) groups is 1. The van der Waals surface area contributed by atoms with Crippen molar-refractivity contribution in [3.8, 4) is 0 Å². The Morgan fingerprint density at radius 1 is 1.33 bits per heavy atom. The molecule has 0 bridgehead atoms. The average molecular weight is 408 g/mol. The largest absolute Gasteiger partial charge is 0.352 e. The maximum atomic E-state index is 13.0. The molecule has 0 aliphatic rings. The van der Waals surface area contributed by atoms with Crippen molar-refractivity contribution in [1.82, 2.24) is 10.6 Å². The van der Waals surface area contributed by atoms with Crippen LogP contribution in [0.5, 0.6) is 0 Å². The molecule has 0 heterocycles. The molecule has 0 spiro atoms. The quantitative estimate of drug-likeness (QED) is 0.409. The number of nitrogens with zero attached hydrogens (tertiary/aromatic N) is 1. The van der Waals surface area contributed by atoms with E-state index >= 15 is 0 Å². The van der Waals surface area contributed by atoms with Gasteiger partial charge in [0.2, 0.25) is 5.91 Å². The summed E-state index contributed by atoms with van der Waals surface area (Å²) in [6, 6.07) is 5.75. The van der Waals surface area contributed by atoms with Gasteiger partial charge in [-0.05, 0) is 39.0 Å². The lowest BCUT2D eigenvalue weighted by Crippen LogP contribution is -2.49. The normalized spacial score (nSPS) is 11.4. The summed E-state index contributed by atoms with van der Waals surface area (Å²) >= 11 is 0. The molecule has 1 aromatic rings. The number of carbonyl (C=O) groups is 1. The van der Waals surface area contributed by atoms with Crippen LogP contribution in [0.15, 0.2) is 29.3 Å². The first-order chi connectivity index (χ1) is 9.30. The molecule has 0 aliphatic carbocycles. The molecule has 0 saturated heterocycles. The number of hydrogen-bond donors (Lipinski definition) is 3. The third-order valence-corrected chi connectivity index (χ3v) is 2.24. The van der Waals surface area contributed by atoms with Gasteiger partial charge in [-0.15, -0.1) is 24.0 Å². The van der Waals surface area contributed by atoms with Crippen molar-refractivity contribution in [2.24, 2.45) is 4.99 Å². The monoisotopic (exact) mass is 408 g/mol. The lowest BCUT2D eigenvalue weighted by atomic mass is 10.1. The molecule has 118 valence electrons. The van der Waals surface area contributed by atoms with Gasteiger partial charge in [0.15, 0.2) is 5.96 Å². The summed E-state index contributed by atoms with van der Waals surface area (Å²) in [5, 5.41) is 8.63. The lowest BCUT2D eigenvalue weighted by Gasteiger charge is -2.23. The van der Waals surface area contributed by atoms with E-state index in [1.165, 1.54) is 12.1 Å². The molecule has 1 rings (SSSR count). The minimum absolute atomic E-state index is 0. The molecule has 3 N–H and O–H groups in total. The smallest absolute Gasteiger partial charge is 0.243 e. The fourth-order valence-electron chi connectivity index (χ4n) is 1.47. The van der Waals surface area contributed by atoms with Gasteiger partial charge in [0, 0.05) is 18.3 Å². The fourth-order valence-corrected chi connectivity index (χ4v) is 1.47. The van der Waals surface area contributed by atoms with Crippen LogP contribution < -0.4 is 16.0 Å².